The molecule has 2 rings (SSSR count). The van der Waals surface area contributed by atoms with E-state index in [9.17, 15) is 4.79 Å². The summed E-state index contributed by atoms with van der Waals surface area (Å²) < 4.78 is 0. The fraction of sp³-hybridized carbons (Fsp3) is 0.267. The summed E-state index contributed by atoms with van der Waals surface area (Å²) in [5.41, 5.74) is 1.42. The van der Waals surface area contributed by atoms with Gasteiger partial charge in [0.25, 0.3) is 5.91 Å². The van der Waals surface area contributed by atoms with Gasteiger partial charge in [0.2, 0.25) is 5.95 Å². The van der Waals surface area contributed by atoms with Crippen molar-refractivity contribution in [3.8, 4) is 0 Å². The molecule has 1 aromatic carbocycles. The molecule has 2 aromatic rings. The van der Waals surface area contributed by atoms with E-state index in [1.54, 1.807) is 17.3 Å². The zero-order valence-electron chi connectivity index (χ0n) is 11.7. The van der Waals surface area contributed by atoms with Crippen LogP contribution in [0.4, 0.5) is 11.6 Å². The van der Waals surface area contributed by atoms with Crippen molar-refractivity contribution in [2.75, 3.05) is 18.4 Å². The molecule has 1 heterocycles. The zero-order valence-corrected chi connectivity index (χ0v) is 11.7. The predicted octanol–water partition coefficient (Wildman–Crippen LogP) is 2.70. The SMILES string of the molecule is CCN(CC)C(=O)c1cnc(Nc2ccccc2)nc1. The van der Waals surface area contributed by atoms with Gasteiger partial charge in [0.1, 0.15) is 0 Å². The molecule has 0 aliphatic carbocycles. The minimum absolute atomic E-state index is 0.0405. The van der Waals surface area contributed by atoms with Gasteiger partial charge in [-0.3, -0.25) is 4.79 Å². The third kappa shape index (κ3) is 3.32. The van der Waals surface area contributed by atoms with E-state index < -0.39 is 0 Å². The molecule has 1 aromatic heterocycles. The second kappa shape index (κ2) is 6.65. The molecule has 0 unspecified atom stereocenters. The van der Waals surface area contributed by atoms with Crippen molar-refractivity contribution in [2.45, 2.75) is 13.8 Å². The van der Waals surface area contributed by atoms with E-state index in [2.05, 4.69) is 15.3 Å². The summed E-state index contributed by atoms with van der Waals surface area (Å²) in [6.07, 6.45) is 3.11. The van der Waals surface area contributed by atoms with Crippen LogP contribution in [-0.2, 0) is 0 Å². The first-order valence-electron chi connectivity index (χ1n) is 6.68. The summed E-state index contributed by atoms with van der Waals surface area (Å²) in [5.74, 6) is 0.438. The molecule has 0 aliphatic rings. The summed E-state index contributed by atoms with van der Waals surface area (Å²) in [6, 6.07) is 9.66. The van der Waals surface area contributed by atoms with Crippen LogP contribution < -0.4 is 5.32 Å². The molecule has 5 nitrogen and oxygen atoms in total. The number of hydrogen-bond acceptors (Lipinski definition) is 4. The molecular weight excluding hydrogens is 252 g/mol. The van der Waals surface area contributed by atoms with Crippen LogP contribution in [0.15, 0.2) is 42.7 Å². The highest BCUT2D eigenvalue weighted by molar-refractivity contribution is 5.93. The maximum absolute atomic E-state index is 12.1. The third-order valence-electron chi connectivity index (χ3n) is 2.98. The summed E-state index contributed by atoms with van der Waals surface area (Å²) in [5, 5.41) is 3.08. The number of anilines is 2. The van der Waals surface area contributed by atoms with Gasteiger partial charge in [-0.05, 0) is 26.0 Å². The fourth-order valence-corrected chi connectivity index (χ4v) is 1.85. The van der Waals surface area contributed by atoms with Crippen LogP contribution in [-0.4, -0.2) is 33.9 Å². The van der Waals surface area contributed by atoms with Gasteiger partial charge < -0.3 is 10.2 Å². The van der Waals surface area contributed by atoms with Gasteiger partial charge in [-0.1, -0.05) is 18.2 Å². The number of rotatable bonds is 5. The Morgan fingerprint density at radius 1 is 1.10 bits per heavy atom. The van der Waals surface area contributed by atoms with Gasteiger partial charge in [0, 0.05) is 31.2 Å². The molecule has 0 saturated heterocycles. The molecule has 5 heteroatoms. The number of carbonyl (C=O) groups excluding carboxylic acids is 1. The summed E-state index contributed by atoms with van der Waals surface area (Å²) in [6.45, 7) is 5.26. The first kappa shape index (κ1) is 14.0. The van der Waals surface area contributed by atoms with Crippen LogP contribution in [0.3, 0.4) is 0 Å². The molecule has 0 fully saturated rings. The lowest BCUT2D eigenvalue weighted by Crippen LogP contribution is -2.30. The minimum Gasteiger partial charge on any atom is -0.339 e. The molecule has 1 amide bonds. The molecule has 104 valence electrons. The monoisotopic (exact) mass is 270 g/mol. The van der Waals surface area contributed by atoms with E-state index in [1.165, 1.54) is 0 Å². The smallest absolute Gasteiger partial charge is 0.256 e. The fourth-order valence-electron chi connectivity index (χ4n) is 1.85. The Hall–Kier alpha value is -2.43. The highest BCUT2D eigenvalue weighted by atomic mass is 16.2. The van der Waals surface area contributed by atoms with Crippen molar-refractivity contribution < 1.29 is 4.79 Å². The number of para-hydroxylation sites is 1. The second-order valence-corrected chi connectivity index (χ2v) is 4.26. The molecule has 0 bridgehead atoms. The second-order valence-electron chi connectivity index (χ2n) is 4.26. The molecular formula is C15H18N4O. The number of hydrogen-bond donors (Lipinski definition) is 1. The molecule has 0 saturated carbocycles. The quantitative estimate of drug-likeness (QED) is 0.907. The number of nitrogens with zero attached hydrogens (tertiary/aromatic N) is 3. The number of nitrogens with one attached hydrogen (secondary N) is 1. The van der Waals surface area contributed by atoms with Gasteiger partial charge in [0.15, 0.2) is 0 Å². The Morgan fingerprint density at radius 2 is 1.70 bits per heavy atom. The van der Waals surface area contributed by atoms with E-state index in [0.29, 0.717) is 24.6 Å². The highest BCUT2D eigenvalue weighted by Crippen LogP contribution is 2.12. The molecule has 0 radical (unpaired) electrons. The van der Waals surface area contributed by atoms with Crippen LogP contribution in [0, 0.1) is 0 Å². The zero-order chi connectivity index (χ0) is 14.4. The third-order valence-corrected chi connectivity index (χ3v) is 2.98. The van der Waals surface area contributed by atoms with Gasteiger partial charge in [-0.25, -0.2) is 9.97 Å². The molecule has 0 atom stereocenters. The van der Waals surface area contributed by atoms with Crippen molar-refractivity contribution in [3.05, 3.63) is 48.3 Å². The normalized spacial score (nSPS) is 10.1. The number of amides is 1. The number of aromatic nitrogens is 2. The lowest BCUT2D eigenvalue weighted by Gasteiger charge is -2.18. The van der Waals surface area contributed by atoms with E-state index in [0.717, 1.165) is 5.69 Å². The summed E-state index contributed by atoms with van der Waals surface area (Å²) >= 11 is 0. The van der Waals surface area contributed by atoms with Crippen molar-refractivity contribution in [1.29, 1.82) is 0 Å². The topological polar surface area (TPSA) is 58.1 Å². The van der Waals surface area contributed by atoms with Crippen LogP contribution >= 0.6 is 0 Å². The number of carbonyl (C=O) groups is 1. The maximum Gasteiger partial charge on any atom is 0.256 e. The van der Waals surface area contributed by atoms with Gasteiger partial charge in [0.05, 0.1) is 5.56 Å². The first-order valence-corrected chi connectivity index (χ1v) is 6.68. The van der Waals surface area contributed by atoms with Gasteiger partial charge in [-0.2, -0.15) is 0 Å². The average Bonchev–Trinajstić information content (AvgIpc) is 2.50. The number of benzene rings is 1. The average molecular weight is 270 g/mol. The van der Waals surface area contributed by atoms with Crippen LogP contribution in [0.5, 0.6) is 0 Å². The maximum atomic E-state index is 12.1. The van der Waals surface area contributed by atoms with Crippen LogP contribution in [0.25, 0.3) is 0 Å². The first-order chi connectivity index (χ1) is 9.74. The Bertz CT molecular complexity index is 550. The molecule has 0 aliphatic heterocycles. The van der Waals surface area contributed by atoms with Crippen molar-refractivity contribution in [3.63, 3.8) is 0 Å². The van der Waals surface area contributed by atoms with E-state index in [-0.39, 0.29) is 5.91 Å². The lowest BCUT2D eigenvalue weighted by atomic mass is 10.3. The van der Waals surface area contributed by atoms with E-state index in [4.69, 9.17) is 0 Å². The van der Waals surface area contributed by atoms with Gasteiger partial charge >= 0.3 is 0 Å². The molecule has 1 N–H and O–H groups in total. The largest absolute Gasteiger partial charge is 0.339 e. The minimum atomic E-state index is -0.0405. The van der Waals surface area contributed by atoms with Crippen LogP contribution in [0.2, 0.25) is 0 Å². The highest BCUT2D eigenvalue weighted by Gasteiger charge is 2.13. The van der Waals surface area contributed by atoms with Crippen LogP contribution in [0.1, 0.15) is 24.2 Å². The van der Waals surface area contributed by atoms with E-state index in [1.807, 2.05) is 44.2 Å². The van der Waals surface area contributed by atoms with E-state index >= 15 is 0 Å². The summed E-state index contributed by atoms with van der Waals surface area (Å²) in [7, 11) is 0. The Kier molecular flexibility index (Phi) is 4.65. The Morgan fingerprint density at radius 3 is 2.25 bits per heavy atom. The lowest BCUT2D eigenvalue weighted by molar-refractivity contribution is 0.0772. The van der Waals surface area contributed by atoms with Crippen molar-refractivity contribution in [1.82, 2.24) is 14.9 Å². The predicted molar refractivity (Wildman–Crippen MR) is 79.0 cm³/mol. The Labute approximate surface area is 118 Å². The molecule has 20 heavy (non-hydrogen) atoms. The van der Waals surface area contributed by atoms with Crippen molar-refractivity contribution in [2.24, 2.45) is 0 Å². The van der Waals surface area contributed by atoms with Gasteiger partial charge in [-0.15, -0.1) is 0 Å². The molecule has 0 spiro atoms. The van der Waals surface area contributed by atoms with Crippen molar-refractivity contribution >= 4 is 17.5 Å². The standard InChI is InChI=1S/C15H18N4O/c1-3-19(4-2)14(20)12-10-16-15(17-11-12)18-13-8-6-5-7-9-13/h5-11H,3-4H2,1-2H3,(H,16,17,18). The Balaban J connectivity index is 2.08. The summed E-state index contributed by atoms with van der Waals surface area (Å²) in [4.78, 5) is 22.2.